The Kier molecular flexibility index (Phi) is 6.51. The lowest BCUT2D eigenvalue weighted by Gasteiger charge is -2.34. The van der Waals surface area contributed by atoms with Crippen LogP contribution in [0.2, 0.25) is 0 Å². The molecule has 28 heavy (non-hydrogen) atoms. The second kappa shape index (κ2) is 9.05. The van der Waals surface area contributed by atoms with Crippen molar-refractivity contribution < 1.29 is 8.78 Å². The van der Waals surface area contributed by atoms with E-state index in [1.165, 1.54) is 12.5 Å². The molecule has 8 heteroatoms. The molecule has 1 aromatic carbocycles. The molecule has 1 aromatic heterocycles. The zero-order valence-corrected chi connectivity index (χ0v) is 16.0. The van der Waals surface area contributed by atoms with Gasteiger partial charge in [0.25, 0.3) is 5.92 Å². The van der Waals surface area contributed by atoms with Crippen molar-refractivity contribution in [2.75, 3.05) is 25.0 Å². The van der Waals surface area contributed by atoms with Crippen molar-refractivity contribution in [3.05, 3.63) is 53.5 Å². The molecule has 2 aromatic rings. The van der Waals surface area contributed by atoms with Gasteiger partial charge in [-0.05, 0) is 24.8 Å². The van der Waals surface area contributed by atoms with Gasteiger partial charge in [-0.2, -0.15) is 13.9 Å². The Labute approximate surface area is 163 Å². The van der Waals surface area contributed by atoms with E-state index in [-0.39, 0.29) is 18.2 Å². The van der Waals surface area contributed by atoms with E-state index in [1.807, 2.05) is 11.8 Å². The number of benzene rings is 1. The third-order valence-electron chi connectivity index (χ3n) is 5.09. The summed E-state index contributed by atoms with van der Waals surface area (Å²) in [6, 6.07) is 6.81. The molecule has 2 heterocycles. The lowest BCUT2D eigenvalue weighted by molar-refractivity contribution is -0.0421. The summed E-state index contributed by atoms with van der Waals surface area (Å²) in [4.78, 5) is 10.0. The fourth-order valence-electron chi connectivity index (χ4n) is 3.42. The molecule has 0 spiro atoms. The van der Waals surface area contributed by atoms with Gasteiger partial charge in [0.1, 0.15) is 12.1 Å². The first-order chi connectivity index (χ1) is 13.5. The minimum atomic E-state index is -2.86. The minimum absolute atomic E-state index is 0.0802. The monoisotopic (exact) mass is 388 g/mol. The van der Waals surface area contributed by atoms with Crippen LogP contribution in [0.25, 0.3) is 0 Å². The molecule has 150 valence electrons. The van der Waals surface area contributed by atoms with Gasteiger partial charge in [0.05, 0.1) is 18.3 Å². The first kappa shape index (κ1) is 20.1. The number of alkyl halides is 2. The van der Waals surface area contributed by atoms with Crippen molar-refractivity contribution in [2.24, 2.45) is 10.9 Å². The number of aryl methyl sites for hydroxylation is 1. The molecule has 1 saturated heterocycles. The number of aromatic nitrogens is 2. The van der Waals surface area contributed by atoms with Crippen LogP contribution in [-0.4, -0.2) is 46.8 Å². The van der Waals surface area contributed by atoms with E-state index in [4.69, 9.17) is 5.84 Å². The Hall–Kier alpha value is -2.61. The average Bonchev–Trinajstić information content (AvgIpc) is 2.71. The summed E-state index contributed by atoms with van der Waals surface area (Å²) in [5.41, 5.74) is 1.85. The highest BCUT2D eigenvalue weighted by Crippen LogP contribution is 2.30. The lowest BCUT2D eigenvalue weighted by atomic mass is 10.0. The largest absolute Gasteiger partial charge is 0.367 e. The summed E-state index contributed by atoms with van der Waals surface area (Å²) in [5, 5.41) is 6.86. The maximum Gasteiger partial charge on any atom is 0.285 e. The SMILES string of the molecule is CCc1ccc(C(F)(F)CN2CCC(Nc3ncncc3/C=N\N)CC2)cc1. The Morgan fingerprint density at radius 2 is 2.00 bits per heavy atom. The summed E-state index contributed by atoms with van der Waals surface area (Å²) in [7, 11) is 0. The van der Waals surface area contributed by atoms with Crippen LogP contribution in [0, 0.1) is 0 Å². The van der Waals surface area contributed by atoms with E-state index < -0.39 is 5.92 Å². The fourth-order valence-corrected chi connectivity index (χ4v) is 3.42. The number of nitrogens with one attached hydrogen (secondary N) is 1. The Morgan fingerprint density at radius 1 is 1.29 bits per heavy atom. The van der Waals surface area contributed by atoms with Gasteiger partial charge in [0.2, 0.25) is 0 Å². The van der Waals surface area contributed by atoms with Crippen molar-refractivity contribution in [3.8, 4) is 0 Å². The molecule has 0 radical (unpaired) electrons. The maximum atomic E-state index is 14.7. The smallest absolute Gasteiger partial charge is 0.285 e. The highest BCUT2D eigenvalue weighted by molar-refractivity contribution is 5.85. The Bertz CT molecular complexity index is 786. The molecule has 0 bridgehead atoms. The summed E-state index contributed by atoms with van der Waals surface area (Å²) in [5.74, 6) is 3.01. The second-order valence-electron chi connectivity index (χ2n) is 7.05. The first-order valence-corrected chi connectivity index (χ1v) is 9.51. The summed E-state index contributed by atoms with van der Waals surface area (Å²) < 4.78 is 29.3. The van der Waals surface area contributed by atoms with Crippen LogP contribution < -0.4 is 11.2 Å². The first-order valence-electron chi connectivity index (χ1n) is 9.51. The van der Waals surface area contributed by atoms with Crippen LogP contribution in [0.1, 0.15) is 36.5 Å². The molecule has 0 saturated carbocycles. The Morgan fingerprint density at radius 3 is 2.64 bits per heavy atom. The zero-order valence-electron chi connectivity index (χ0n) is 16.0. The second-order valence-corrected chi connectivity index (χ2v) is 7.05. The van der Waals surface area contributed by atoms with E-state index in [2.05, 4.69) is 20.4 Å². The molecule has 0 amide bonds. The number of rotatable bonds is 7. The third-order valence-corrected chi connectivity index (χ3v) is 5.09. The molecule has 3 N–H and O–H groups in total. The van der Waals surface area contributed by atoms with E-state index in [0.29, 0.717) is 24.5 Å². The Balaban J connectivity index is 1.55. The average molecular weight is 388 g/mol. The number of nitrogens with two attached hydrogens (primary N) is 1. The van der Waals surface area contributed by atoms with Gasteiger partial charge in [-0.25, -0.2) is 9.97 Å². The predicted molar refractivity (Wildman–Crippen MR) is 107 cm³/mol. The number of anilines is 1. The van der Waals surface area contributed by atoms with E-state index in [9.17, 15) is 8.78 Å². The quantitative estimate of drug-likeness (QED) is 0.433. The number of piperidine rings is 1. The van der Waals surface area contributed by atoms with Crippen LogP contribution in [0.5, 0.6) is 0 Å². The molecule has 0 unspecified atom stereocenters. The number of likely N-dealkylation sites (tertiary alicyclic amines) is 1. The summed E-state index contributed by atoms with van der Waals surface area (Å²) in [6.07, 6.45) is 6.93. The minimum Gasteiger partial charge on any atom is -0.367 e. The van der Waals surface area contributed by atoms with Crippen molar-refractivity contribution in [1.29, 1.82) is 0 Å². The van der Waals surface area contributed by atoms with Crippen LogP contribution in [0.4, 0.5) is 14.6 Å². The van der Waals surface area contributed by atoms with Crippen LogP contribution in [-0.2, 0) is 12.3 Å². The van der Waals surface area contributed by atoms with E-state index in [1.54, 1.807) is 30.5 Å². The fraction of sp³-hybridized carbons (Fsp3) is 0.450. The van der Waals surface area contributed by atoms with Gasteiger partial charge in [-0.1, -0.05) is 31.2 Å². The lowest BCUT2D eigenvalue weighted by Crippen LogP contribution is -2.43. The topological polar surface area (TPSA) is 79.4 Å². The standard InChI is InChI=1S/C20H26F2N6/c1-2-15-3-5-17(6-4-15)20(21,22)13-28-9-7-18(8-10-28)27-19-16(12-26-23)11-24-14-25-19/h3-6,11-12,14,18H,2,7-10,13,23H2,1H3,(H,24,25,27)/b26-12-. The molecular weight excluding hydrogens is 362 g/mol. The molecule has 6 nitrogen and oxygen atoms in total. The number of halogens is 2. The van der Waals surface area contributed by atoms with E-state index in [0.717, 1.165) is 24.8 Å². The molecule has 1 aliphatic heterocycles. The number of hydrogen-bond acceptors (Lipinski definition) is 6. The van der Waals surface area contributed by atoms with Crippen LogP contribution >= 0.6 is 0 Å². The molecule has 1 aliphatic rings. The van der Waals surface area contributed by atoms with E-state index >= 15 is 0 Å². The van der Waals surface area contributed by atoms with Gasteiger partial charge in [-0.3, -0.25) is 4.90 Å². The molecule has 0 atom stereocenters. The third kappa shape index (κ3) is 5.01. The molecule has 1 fully saturated rings. The van der Waals surface area contributed by atoms with Gasteiger partial charge in [-0.15, -0.1) is 0 Å². The van der Waals surface area contributed by atoms with Crippen molar-refractivity contribution >= 4 is 12.0 Å². The summed E-state index contributed by atoms with van der Waals surface area (Å²) in [6.45, 7) is 2.96. The predicted octanol–water partition coefficient (Wildman–Crippen LogP) is 3.00. The van der Waals surface area contributed by atoms with Crippen LogP contribution in [0.3, 0.4) is 0 Å². The highest BCUT2D eigenvalue weighted by atomic mass is 19.3. The highest BCUT2D eigenvalue weighted by Gasteiger charge is 2.35. The van der Waals surface area contributed by atoms with Gasteiger partial charge in [0, 0.05) is 30.9 Å². The summed E-state index contributed by atoms with van der Waals surface area (Å²) >= 11 is 0. The van der Waals surface area contributed by atoms with Crippen molar-refractivity contribution in [3.63, 3.8) is 0 Å². The van der Waals surface area contributed by atoms with Crippen molar-refractivity contribution in [2.45, 2.75) is 38.2 Å². The zero-order chi connectivity index (χ0) is 20.0. The van der Waals surface area contributed by atoms with Crippen molar-refractivity contribution in [1.82, 2.24) is 14.9 Å². The molecule has 0 aliphatic carbocycles. The molecule has 3 rings (SSSR count). The number of hydrogen-bond donors (Lipinski definition) is 2. The number of hydrazone groups is 1. The van der Waals surface area contributed by atoms with Gasteiger partial charge in [0.15, 0.2) is 0 Å². The van der Waals surface area contributed by atoms with Gasteiger partial charge >= 0.3 is 0 Å². The van der Waals surface area contributed by atoms with Crippen LogP contribution in [0.15, 0.2) is 41.9 Å². The normalized spacial score (nSPS) is 16.5. The number of nitrogens with zero attached hydrogens (tertiary/aromatic N) is 4. The maximum absolute atomic E-state index is 14.7. The van der Waals surface area contributed by atoms with Gasteiger partial charge < -0.3 is 11.2 Å². The molecular formula is C20H26F2N6.